The molecule has 0 aromatic rings. The van der Waals surface area contributed by atoms with Crippen molar-refractivity contribution in [2.45, 2.75) is 117 Å². The monoisotopic (exact) mass is 330 g/mol. The molecule has 5 saturated carbocycles. The van der Waals surface area contributed by atoms with Crippen molar-refractivity contribution >= 4 is 0 Å². The van der Waals surface area contributed by atoms with E-state index in [1.807, 2.05) is 0 Å². The molecule has 0 atom stereocenters. The summed E-state index contributed by atoms with van der Waals surface area (Å²) in [6, 6.07) is 0. The van der Waals surface area contributed by atoms with Gasteiger partial charge in [0.1, 0.15) is 0 Å². The second-order valence-electron chi connectivity index (χ2n) is 10.5. The summed E-state index contributed by atoms with van der Waals surface area (Å²) >= 11 is 0. The summed E-state index contributed by atoms with van der Waals surface area (Å²) in [4.78, 5) is 0. The number of fused-ring (bicyclic) bond motifs is 3. The lowest BCUT2D eigenvalue weighted by atomic mass is 9.45. The first-order valence-corrected chi connectivity index (χ1v) is 11.7. The van der Waals surface area contributed by atoms with Crippen molar-refractivity contribution in [1.29, 1.82) is 0 Å². The van der Waals surface area contributed by atoms with Gasteiger partial charge in [-0.2, -0.15) is 0 Å². The van der Waals surface area contributed by atoms with Crippen molar-refractivity contribution in [3.05, 3.63) is 0 Å². The van der Waals surface area contributed by atoms with Gasteiger partial charge >= 0.3 is 0 Å². The molecule has 24 heavy (non-hydrogen) atoms. The highest BCUT2D eigenvalue weighted by molar-refractivity contribution is 5.05. The van der Waals surface area contributed by atoms with Crippen molar-refractivity contribution in [3.63, 3.8) is 0 Å². The largest absolute Gasteiger partial charge is 0.0651 e. The van der Waals surface area contributed by atoms with Crippen molar-refractivity contribution in [2.24, 2.45) is 34.5 Å². The molecule has 0 aromatic carbocycles. The van der Waals surface area contributed by atoms with Gasteiger partial charge in [0.2, 0.25) is 0 Å². The molecule has 0 aromatic heterocycles. The molecule has 0 saturated heterocycles. The van der Waals surface area contributed by atoms with Crippen LogP contribution < -0.4 is 0 Å². The maximum Gasteiger partial charge on any atom is -0.0269 e. The lowest BCUT2D eigenvalue weighted by Crippen LogP contribution is -2.49. The summed E-state index contributed by atoms with van der Waals surface area (Å²) in [7, 11) is 0. The Morgan fingerprint density at radius 1 is 0.500 bits per heavy atom. The van der Waals surface area contributed by atoms with Crippen molar-refractivity contribution in [1.82, 2.24) is 0 Å². The molecule has 0 spiro atoms. The Morgan fingerprint density at radius 3 is 1.04 bits per heavy atom. The zero-order valence-corrected chi connectivity index (χ0v) is 16.6. The zero-order chi connectivity index (χ0) is 16.6. The molecule has 5 aliphatic rings. The minimum absolute atomic E-state index is 0.807. The van der Waals surface area contributed by atoms with Gasteiger partial charge in [0.05, 0.1) is 0 Å². The fourth-order valence-corrected chi connectivity index (χ4v) is 7.83. The van der Waals surface area contributed by atoms with Crippen LogP contribution in [0.5, 0.6) is 0 Å². The van der Waals surface area contributed by atoms with Crippen LogP contribution in [0, 0.1) is 34.5 Å². The van der Waals surface area contributed by atoms with Gasteiger partial charge in [-0.05, 0) is 98.7 Å². The number of hydrogen-bond donors (Lipinski definition) is 0. The molecule has 0 unspecified atom stereocenters. The number of hydrogen-bond acceptors (Lipinski definition) is 0. The molecular weight excluding hydrogens is 288 g/mol. The summed E-state index contributed by atoms with van der Waals surface area (Å²) in [5.74, 6) is 4.35. The smallest absolute Gasteiger partial charge is 0.0269 e. The molecule has 5 rings (SSSR count). The predicted molar refractivity (Wildman–Crippen MR) is 104 cm³/mol. The van der Waals surface area contributed by atoms with Crippen LogP contribution >= 0.6 is 0 Å². The van der Waals surface area contributed by atoms with Gasteiger partial charge in [-0.15, -0.1) is 0 Å². The summed E-state index contributed by atoms with van der Waals surface area (Å²) in [6.45, 7) is 4.82. The van der Waals surface area contributed by atoms with Gasteiger partial charge in [-0.25, -0.2) is 0 Å². The molecule has 5 fully saturated rings. The van der Waals surface area contributed by atoms with Gasteiger partial charge in [0.25, 0.3) is 0 Å². The SMILES string of the molecule is CCC1CCC(C23CCC(C4CCC(CC)CC4)(CC2)CC3)CC1. The van der Waals surface area contributed by atoms with E-state index in [-0.39, 0.29) is 0 Å². The maximum atomic E-state index is 2.41. The van der Waals surface area contributed by atoms with Crippen molar-refractivity contribution in [2.75, 3.05) is 0 Å². The maximum absolute atomic E-state index is 2.41. The van der Waals surface area contributed by atoms with Gasteiger partial charge in [-0.1, -0.05) is 52.4 Å². The third-order valence-corrected chi connectivity index (χ3v) is 9.94. The third kappa shape index (κ3) is 2.99. The number of rotatable bonds is 4. The second kappa shape index (κ2) is 6.96. The van der Waals surface area contributed by atoms with E-state index in [4.69, 9.17) is 0 Å². The average Bonchev–Trinajstić information content (AvgIpc) is 2.69. The Morgan fingerprint density at radius 2 is 0.792 bits per heavy atom. The minimum Gasteiger partial charge on any atom is -0.0651 e. The van der Waals surface area contributed by atoms with Crippen LogP contribution in [-0.2, 0) is 0 Å². The molecule has 0 radical (unpaired) electrons. The molecule has 0 N–H and O–H groups in total. The second-order valence-corrected chi connectivity index (χ2v) is 10.5. The fraction of sp³-hybridized carbons (Fsp3) is 1.00. The molecule has 5 aliphatic carbocycles. The highest BCUT2D eigenvalue weighted by Gasteiger charge is 2.54. The van der Waals surface area contributed by atoms with Crippen molar-refractivity contribution in [3.8, 4) is 0 Å². The quantitative estimate of drug-likeness (QED) is 0.494. The lowest BCUT2D eigenvalue weighted by Gasteiger charge is -2.60. The first-order valence-electron chi connectivity index (χ1n) is 11.7. The molecular formula is C24H42. The average molecular weight is 331 g/mol. The Kier molecular flexibility index (Phi) is 5.05. The normalized spacial score (nSPS) is 49.2. The van der Waals surface area contributed by atoms with Crippen LogP contribution in [0.1, 0.15) is 117 Å². The van der Waals surface area contributed by atoms with E-state index in [2.05, 4.69) is 13.8 Å². The Balaban J connectivity index is 1.36. The highest BCUT2D eigenvalue weighted by atomic mass is 14.6. The highest BCUT2D eigenvalue weighted by Crippen LogP contribution is 2.65. The van der Waals surface area contributed by atoms with Crippen LogP contribution in [0.3, 0.4) is 0 Å². The molecule has 0 heteroatoms. The summed E-state index contributed by atoms with van der Waals surface area (Å²) in [5, 5.41) is 0. The fourth-order valence-electron chi connectivity index (χ4n) is 7.83. The van der Waals surface area contributed by atoms with E-state index in [1.165, 1.54) is 12.8 Å². The molecule has 0 nitrogen and oxygen atoms in total. The lowest BCUT2D eigenvalue weighted by molar-refractivity contribution is -0.0957. The third-order valence-electron chi connectivity index (χ3n) is 9.94. The molecule has 138 valence electrons. The van der Waals surface area contributed by atoms with E-state index in [9.17, 15) is 0 Å². The summed E-state index contributed by atoms with van der Waals surface area (Å²) < 4.78 is 0. The van der Waals surface area contributed by atoms with E-state index in [1.54, 1.807) is 89.9 Å². The van der Waals surface area contributed by atoms with Gasteiger partial charge < -0.3 is 0 Å². The molecule has 0 heterocycles. The Hall–Kier alpha value is 0. The summed E-state index contributed by atoms with van der Waals surface area (Å²) in [6.07, 6.45) is 25.1. The van der Waals surface area contributed by atoms with Gasteiger partial charge in [0, 0.05) is 0 Å². The molecule has 2 bridgehead atoms. The topological polar surface area (TPSA) is 0 Å². The van der Waals surface area contributed by atoms with Crippen LogP contribution in [-0.4, -0.2) is 0 Å². The Labute approximate surface area is 151 Å². The molecule has 0 amide bonds. The predicted octanol–water partition coefficient (Wildman–Crippen LogP) is 7.76. The zero-order valence-electron chi connectivity index (χ0n) is 16.6. The van der Waals surface area contributed by atoms with Crippen LogP contribution in [0.25, 0.3) is 0 Å². The van der Waals surface area contributed by atoms with E-state index < -0.39 is 0 Å². The van der Waals surface area contributed by atoms with Crippen LogP contribution in [0.15, 0.2) is 0 Å². The van der Waals surface area contributed by atoms with Gasteiger partial charge in [0.15, 0.2) is 0 Å². The van der Waals surface area contributed by atoms with Gasteiger partial charge in [-0.3, -0.25) is 0 Å². The van der Waals surface area contributed by atoms with Crippen molar-refractivity contribution < 1.29 is 0 Å². The first kappa shape index (κ1) is 17.4. The van der Waals surface area contributed by atoms with E-state index in [0.717, 1.165) is 34.5 Å². The summed E-state index contributed by atoms with van der Waals surface area (Å²) in [5.41, 5.74) is 1.61. The van der Waals surface area contributed by atoms with E-state index in [0.29, 0.717) is 0 Å². The van der Waals surface area contributed by atoms with Crippen LogP contribution in [0.4, 0.5) is 0 Å². The minimum atomic E-state index is 0.807. The standard InChI is InChI=1S/C24H42/c1-3-19-5-9-21(10-6-19)23-13-16-24(17-14-23,18-15-23)22-11-7-20(4-2)8-12-22/h19-22H,3-18H2,1-2H3. The first-order chi connectivity index (χ1) is 11.7. The molecule has 0 aliphatic heterocycles. The van der Waals surface area contributed by atoms with Crippen LogP contribution in [0.2, 0.25) is 0 Å². The Bertz CT molecular complexity index is 341. The van der Waals surface area contributed by atoms with E-state index >= 15 is 0 Å².